The van der Waals surface area contributed by atoms with Crippen LogP contribution in [0.4, 0.5) is 0 Å². The lowest BCUT2D eigenvalue weighted by Crippen LogP contribution is -2.44. The molecule has 0 aromatic carbocycles. The van der Waals surface area contributed by atoms with Crippen molar-refractivity contribution in [3.05, 3.63) is 0 Å². The van der Waals surface area contributed by atoms with Crippen molar-refractivity contribution in [2.24, 2.45) is 5.92 Å². The van der Waals surface area contributed by atoms with E-state index in [-0.39, 0.29) is 23.8 Å². The Bertz CT molecular complexity index is 289. The molecule has 2 rings (SSSR count). The first-order valence-corrected chi connectivity index (χ1v) is 6.85. The van der Waals surface area contributed by atoms with Gasteiger partial charge in [-0.1, -0.05) is 0 Å². The van der Waals surface area contributed by atoms with Crippen molar-refractivity contribution >= 4 is 23.6 Å². The van der Waals surface area contributed by atoms with E-state index in [1.165, 1.54) is 7.11 Å². The topological polar surface area (TPSA) is 46.6 Å². The van der Waals surface area contributed by atoms with Crippen LogP contribution in [-0.4, -0.2) is 48.0 Å². The quantitative estimate of drug-likeness (QED) is 0.676. The average Bonchev–Trinajstić information content (AvgIpc) is 2.97. The fraction of sp³-hybridized carbons (Fsp3) is 0.818. The molecule has 0 aromatic rings. The molecule has 4 nitrogen and oxygen atoms in total. The number of carbonyl (C=O) groups is 2. The van der Waals surface area contributed by atoms with Gasteiger partial charge < -0.3 is 9.64 Å². The monoisotopic (exact) mass is 243 g/mol. The molecule has 5 heteroatoms. The molecule has 0 aliphatic carbocycles. The van der Waals surface area contributed by atoms with E-state index in [4.69, 9.17) is 4.74 Å². The molecule has 2 unspecified atom stereocenters. The van der Waals surface area contributed by atoms with Crippen LogP contribution in [0.1, 0.15) is 19.3 Å². The van der Waals surface area contributed by atoms with Crippen molar-refractivity contribution in [3.8, 4) is 0 Å². The highest BCUT2D eigenvalue weighted by atomic mass is 32.2. The first-order valence-electron chi connectivity index (χ1n) is 5.70. The van der Waals surface area contributed by atoms with E-state index in [1.54, 1.807) is 4.90 Å². The van der Waals surface area contributed by atoms with E-state index in [9.17, 15) is 9.59 Å². The Kier molecular flexibility index (Phi) is 3.74. The molecule has 0 aromatic heterocycles. The number of nitrogens with zero attached hydrogens (tertiary/aromatic N) is 1. The number of methoxy groups -OCH3 is 1. The minimum atomic E-state index is -0.330. The first-order chi connectivity index (χ1) is 7.74. The van der Waals surface area contributed by atoms with Crippen molar-refractivity contribution < 1.29 is 14.3 Å². The summed E-state index contributed by atoms with van der Waals surface area (Å²) in [7, 11) is 1.38. The summed E-state index contributed by atoms with van der Waals surface area (Å²) in [6.07, 6.45) is 2.61. The Hall–Kier alpha value is -0.710. The molecule has 2 fully saturated rings. The number of hydrogen-bond donors (Lipinski definition) is 0. The largest absolute Gasteiger partial charge is 0.467 e. The van der Waals surface area contributed by atoms with E-state index in [0.29, 0.717) is 6.54 Å². The van der Waals surface area contributed by atoms with E-state index < -0.39 is 0 Å². The smallest absolute Gasteiger partial charge is 0.328 e. The molecule has 0 spiro atoms. The maximum Gasteiger partial charge on any atom is 0.328 e. The van der Waals surface area contributed by atoms with Crippen LogP contribution in [0, 0.1) is 5.92 Å². The molecule has 2 aliphatic heterocycles. The van der Waals surface area contributed by atoms with Gasteiger partial charge in [-0.15, -0.1) is 0 Å². The molecule has 90 valence electrons. The maximum absolute atomic E-state index is 12.2. The van der Waals surface area contributed by atoms with Gasteiger partial charge in [-0.2, -0.15) is 11.8 Å². The summed E-state index contributed by atoms with van der Waals surface area (Å²) in [6.45, 7) is 0.708. The van der Waals surface area contributed by atoms with Gasteiger partial charge in [0.15, 0.2) is 0 Å². The molecular weight excluding hydrogens is 226 g/mol. The zero-order valence-corrected chi connectivity index (χ0v) is 10.3. The molecule has 0 radical (unpaired) electrons. The number of carbonyl (C=O) groups excluding carboxylic acids is 2. The van der Waals surface area contributed by atoms with Crippen LogP contribution in [0.2, 0.25) is 0 Å². The molecule has 16 heavy (non-hydrogen) atoms. The second-order valence-electron chi connectivity index (χ2n) is 4.27. The minimum Gasteiger partial charge on any atom is -0.467 e. The normalized spacial score (nSPS) is 29.4. The molecule has 2 atom stereocenters. The van der Waals surface area contributed by atoms with Gasteiger partial charge in [-0.05, 0) is 25.0 Å². The van der Waals surface area contributed by atoms with Gasteiger partial charge in [0.05, 0.1) is 7.11 Å². The van der Waals surface area contributed by atoms with Crippen LogP contribution in [0.25, 0.3) is 0 Å². The second kappa shape index (κ2) is 5.08. The number of likely N-dealkylation sites (tertiary alicyclic amines) is 1. The summed E-state index contributed by atoms with van der Waals surface area (Å²) in [6, 6.07) is -0.330. The Balaban J connectivity index is 2.01. The third kappa shape index (κ3) is 2.19. The number of rotatable bonds is 2. The van der Waals surface area contributed by atoms with Gasteiger partial charge >= 0.3 is 5.97 Å². The van der Waals surface area contributed by atoms with E-state index >= 15 is 0 Å². The fourth-order valence-electron chi connectivity index (χ4n) is 2.38. The Labute approximate surface area is 99.7 Å². The predicted octanol–water partition coefficient (Wildman–Crippen LogP) is 0.903. The third-order valence-electron chi connectivity index (χ3n) is 3.29. The van der Waals surface area contributed by atoms with Crippen LogP contribution in [0.3, 0.4) is 0 Å². The number of thioether (sulfide) groups is 1. The zero-order chi connectivity index (χ0) is 11.5. The van der Waals surface area contributed by atoms with Crippen molar-refractivity contribution in [1.29, 1.82) is 0 Å². The van der Waals surface area contributed by atoms with Crippen LogP contribution in [0.15, 0.2) is 0 Å². The first kappa shape index (κ1) is 11.8. The summed E-state index contributed by atoms with van der Waals surface area (Å²) in [5.74, 6) is 1.97. The molecular formula is C11H17NO3S. The highest BCUT2D eigenvalue weighted by Gasteiger charge is 2.38. The van der Waals surface area contributed by atoms with Crippen LogP contribution in [-0.2, 0) is 14.3 Å². The molecule has 2 saturated heterocycles. The van der Waals surface area contributed by atoms with E-state index in [1.807, 2.05) is 11.8 Å². The van der Waals surface area contributed by atoms with E-state index in [0.717, 1.165) is 30.8 Å². The van der Waals surface area contributed by atoms with Gasteiger partial charge in [0.1, 0.15) is 6.04 Å². The number of hydrogen-bond acceptors (Lipinski definition) is 4. The molecule has 0 N–H and O–H groups in total. The summed E-state index contributed by atoms with van der Waals surface area (Å²) < 4.78 is 4.74. The SMILES string of the molecule is COC(=O)C1CCCN1C(=O)C1CCSC1. The van der Waals surface area contributed by atoms with Crippen LogP contribution < -0.4 is 0 Å². The van der Waals surface area contributed by atoms with Gasteiger partial charge in [0.2, 0.25) is 5.91 Å². The van der Waals surface area contributed by atoms with Crippen molar-refractivity contribution in [2.75, 3.05) is 25.2 Å². The predicted molar refractivity (Wildman–Crippen MR) is 62.2 cm³/mol. The maximum atomic E-state index is 12.2. The molecule has 0 saturated carbocycles. The highest BCUT2D eigenvalue weighted by molar-refractivity contribution is 7.99. The Morgan fingerprint density at radius 3 is 2.81 bits per heavy atom. The third-order valence-corrected chi connectivity index (χ3v) is 4.45. The van der Waals surface area contributed by atoms with Crippen LogP contribution in [0.5, 0.6) is 0 Å². The number of ether oxygens (including phenoxy) is 1. The molecule has 1 amide bonds. The minimum absolute atomic E-state index is 0.121. The summed E-state index contributed by atoms with van der Waals surface area (Å²) in [5.41, 5.74) is 0. The van der Waals surface area contributed by atoms with Crippen molar-refractivity contribution in [1.82, 2.24) is 4.90 Å². The Morgan fingerprint density at radius 2 is 2.19 bits per heavy atom. The molecule has 2 aliphatic rings. The lowest BCUT2D eigenvalue weighted by Gasteiger charge is -2.25. The van der Waals surface area contributed by atoms with Crippen molar-refractivity contribution in [2.45, 2.75) is 25.3 Å². The van der Waals surface area contributed by atoms with Gasteiger partial charge in [-0.3, -0.25) is 4.79 Å². The number of esters is 1. The lowest BCUT2D eigenvalue weighted by molar-refractivity contribution is -0.152. The fourth-order valence-corrected chi connectivity index (χ4v) is 3.59. The number of amides is 1. The Morgan fingerprint density at radius 1 is 1.38 bits per heavy atom. The lowest BCUT2D eigenvalue weighted by atomic mass is 10.1. The standard InChI is InChI=1S/C11H17NO3S/c1-15-11(14)9-3-2-5-12(9)10(13)8-4-6-16-7-8/h8-9H,2-7H2,1H3. The van der Waals surface area contributed by atoms with Gasteiger partial charge in [0, 0.05) is 18.2 Å². The molecule has 2 heterocycles. The van der Waals surface area contributed by atoms with E-state index in [2.05, 4.69) is 0 Å². The van der Waals surface area contributed by atoms with Crippen molar-refractivity contribution in [3.63, 3.8) is 0 Å². The second-order valence-corrected chi connectivity index (χ2v) is 5.42. The molecule has 0 bridgehead atoms. The van der Waals surface area contributed by atoms with Gasteiger partial charge in [-0.25, -0.2) is 4.79 Å². The average molecular weight is 243 g/mol. The van der Waals surface area contributed by atoms with Crippen LogP contribution >= 0.6 is 11.8 Å². The summed E-state index contributed by atoms with van der Waals surface area (Å²) in [5, 5.41) is 0. The van der Waals surface area contributed by atoms with Gasteiger partial charge in [0.25, 0.3) is 0 Å². The zero-order valence-electron chi connectivity index (χ0n) is 9.48. The summed E-state index contributed by atoms with van der Waals surface area (Å²) >= 11 is 1.82. The summed E-state index contributed by atoms with van der Waals surface area (Å²) in [4.78, 5) is 25.4. The highest BCUT2D eigenvalue weighted by Crippen LogP contribution is 2.28.